The predicted molar refractivity (Wildman–Crippen MR) is 94.6 cm³/mol. The summed E-state index contributed by atoms with van der Waals surface area (Å²) in [5.41, 5.74) is 1.01. The molecular weight excluding hydrogens is 339 g/mol. The lowest BCUT2D eigenvalue weighted by Crippen LogP contribution is -2.26. The zero-order valence-corrected chi connectivity index (χ0v) is 14.9. The number of hydrogen-bond donors (Lipinski definition) is 0. The molecule has 0 radical (unpaired) electrons. The van der Waals surface area contributed by atoms with Crippen molar-refractivity contribution >= 4 is 22.8 Å². The maximum Gasteiger partial charge on any atom is 0.372 e. The molecule has 2 aliphatic rings. The van der Waals surface area contributed by atoms with E-state index in [-0.39, 0.29) is 35.0 Å². The number of carbonyl (C=O) groups excluding carboxylic acids is 1. The van der Waals surface area contributed by atoms with Crippen molar-refractivity contribution in [3.63, 3.8) is 0 Å². The molecule has 0 bridgehead atoms. The summed E-state index contributed by atoms with van der Waals surface area (Å²) in [5.74, 6) is -0.334. The highest BCUT2D eigenvalue weighted by Crippen LogP contribution is 2.47. The van der Waals surface area contributed by atoms with E-state index in [2.05, 4.69) is 0 Å². The van der Waals surface area contributed by atoms with E-state index in [1.165, 1.54) is 0 Å². The fraction of sp³-hybridized carbons (Fsp3) is 0.400. The van der Waals surface area contributed by atoms with Crippen LogP contribution >= 0.6 is 0 Å². The van der Waals surface area contributed by atoms with E-state index in [9.17, 15) is 14.0 Å². The predicted octanol–water partition coefficient (Wildman–Crippen LogP) is 4.03. The highest BCUT2D eigenvalue weighted by Gasteiger charge is 2.35. The molecule has 1 aromatic carbocycles. The van der Waals surface area contributed by atoms with Gasteiger partial charge in [0, 0.05) is 12.0 Å². The first-order valence-electron chi connectivity index (χ1n) is 8.77. The zero-order valence-electron chi connectivity index (χ0n) is 14.9. The molecule has 1 unspecified atom stereocenters. The molecule has 1 aromatic heterocycles. The van der Waals surface area contributed by atoms with E-state index in [0.717, 1.165) is 5.57 Å². The maximum absolute atomic E-state index is 14.6. The largest absolute Gasteiger partial charge is 0.489 e. The van der Waals surface area contributed by atoms with Gasteiger partial charge in [0.1, 0.15) is 29.8 Å². The van der Waals surface area contributed by atoms with E-state index >= 15 is 0 Å². The second-order valence-electron chi connectivity index (χ2n) is 6.92. The molecule has 0 saturated carbocycles. The molecule has 26 heavy (non-hydrogen) atoms. The molecule has 2 aliphatic heterocycles. The highest BCUT2D eigenvalue weighted by molar-refractivity contribution is 6.13. The summed E-state index contributed by atoms with van der Waals surface area (Å²) in [5, 5.41) is 0.368. The van der Waals surface area contributed by atoms with Gasteiger partial charge in [0.15, 0.2) is 11.4 Å². The van der Waals surface area contributed by atoms with Crippen LogP contribution in [-0.4, -0.2) is 18.5 Å². The summed E-state index contributed by atoms with van der Waals surface area (Å²) in [6.45, 7) is 5.95. The number of aryl methyl sites for hydroxylation is 1. The van der Waals surface area contributed by atoms with Crippen molar-refractivity contribution in [2.45, 2.75) is 46.1 Å². The smallest absolute Gasteiger partial charge is 0.372 e. The van der Waals surface area contributed by atoms with Crippen molar-refractivity contribution < 1.29 is 23.1 Å². The van der Waals surface area contributed by atoms with Crippen LogP contribution in [0, 0.1) is 5.82 Å². The third kappa shape index (κ3) is 2.35. The normalized spacial score (nSPS) is 18.7. The van der Waals surface area contributed by atoms with Gasteiger partial charge in [-0.15, -0.1) is 0 Å². The lowest BCUT2D eigenvalue weighted by Gasteiger charge is -2.28. The van der Waals surface area contributed by atoms with Crippen molar-refractivity contribution in [1.29, 1.82) is 0 Å². The van der Waals surface area contributed by atoms with Crippen molar-refractivity contribution in [3.8, 4) is 11.5 Å². The lowest BCUT2D eigenvalue weighted by atomic mass is 9.90. The first-order chi connectivity index (χ1) is 12.4. The number of Topliss-reactive ketones (excluding diaryl/α,β-unsaturated/α-hetero) is 1. The summed E-state index contributed by atoms with van der Waals surface area (Å²) in [6, 6.07) is 0. The minimum atomic E-state index is -1.07. The van der Waals surface area contributed by atoms with Gasteiger partial charge >= 0.3 is 5.63 Å². The third-order valence-electron chi connectivity index (χ3n) is 4.74. The molecule has 5 nitrogen and oxygen atoms in total. The number of benzene rings is 1. The Labute approximate surface area is 149 Å². The number of carbonyl (C=O) groups is 1. The van der Waals surface area contributed by atoms with Crippen molar-refractivity contribution in [1.82, 2.24) is 0 Å². The van der Waals surface area contributed by atoms with Crippen LogP contribution in [0.15, 0.2) is 14.8 Å². The molecule has 2 aromatic rings. The van der Waals surface area contributed by atoms with E-state index in [1.807, 2.05) is 19.9 Å². The van der Waals surface area contributed by atoms with Gasteiger partial charge in [-0.3, -0.25) is 4.79 Å². The summed E-state index contributed by atoms with van der Waals surface area (Å²) >= 11 is 0. The Kier molecular flexibility index (Phi) is 3.86. The Morgan fingerprint density at radius 2 is 2.04 bits per heavy atom. The molecule has 136 valence electrons. The number of ketones is 1. The molecular formula is C20H19FO5. The summed E-state index contributed by atoms with van der Waals surface area (Å²) in [6.07, 6.45) is 2.75. The maximum atomic E-state index is 14.6. The summed E-state index contributed by atoms with van der Waals surface area (Å²) < 4.78 is 31.6. The fourth-order valence-corrected chi connectivity index (χ4v) is 3.67. The van der Waals surface area contributed by atoms with E-state index in [4.69, 9.17) is 13.9 Å². The molecule has 0 fully saturated rings. The van der Waals surface area contributed by atoms with Crippen molar-refractivity contribution in [2.75, 3.05) is 6.61 Å². The fourth-order valence-electron chi connectivity index (χ4n) is 3.67. The minimum Gasteiger partial charge on any atom is -0.489 e. The van der Waals surface area contributed by atoms with Gasteiger partial charge in [0.05, 0.1) is 10.9 Å². The van der Waals surface area contributed by atoms with E-state index < -0.39 is 11.4 Å². The van der Waals surface area contributed by atoms with Crippen LogP contribution in [0.3, 0.4) is 0 Å². The molecule has 3 heterocycles. The van der Waals surface area contributed by atoms with E-state index in [1.54, 1.807) is 6.92 Å². The SMILES string of the molecule is CCCc1c(F)c(=O)oc2c3c(c4c(c12)OCC(C)=C4)OC(C)CC3=O. The third-order valence-corrected chi connectivity index (χ3v) is 4.74. The number of ether oxygens (including phenoxy) is 2. The molecule has 0 amide bonds. The van der Waals surface area contributed by atoms with Crippen LogP contribution in [0.2, 0.25) is 0 Å². The van der Waals surface area contributed by atoms with Gasteiger partial charge in [-0.05, 0) is 31.9 Å². The highest BCUT2D eigenvalue weighted by atomic mass is 19.1. The Hall–Kier alpha value is -2.63. The molecule has 4 rings (SSSR count). The summed E-state index contributed by atoms with van der Waals surface area (Å²) in [4.78, 5) is 24.8. The van der Waals surface area contributed by atoms with Crippen molar-refractivity contribution in [2.24, 2.45) is 0 Å². The Morgan fingerprint density at radius 1 is 1.27 bits per heavy atom. The van der Waals surface area contributed by atoms with Gasteiger partial charge < -0.3 is 13.9 Å². The Morgan fingerprint density at radius 3 is 2.77 bits per heavy atom. The van der Waals surface area contributed by atoms with E-state index in [0.29, 0.717) is 41.9 Å². The van der Waals surface area contributed by atoms with Gasteiger partial charge in [-0.2, -0.15) is 4.39 Å². The molecule has 0 saturated heterocycles. The molecule has 6 heteroatoms. The van der Waals surface area contributed by atoms with Gasteiger partial charge in [0.2, 0.25) is 5.82 Å². The minimum absolute atomic E-state index is 0.0680. The number of hydrogen-bond acceptors (Lipinski definition) is 5. The van der Waals surface area contributed by atoms with Gasteiger partial charge in [-0.25, -0.2) is 4.79 Å². The Balaban J connectivity index is 2.23. The van der Waals surface area contributed by atoms with Gasteiger partial charge in [0.25, 0.3) is 0 Å². The average Bonchev–Trinajstić information content (AvgIpc) is 2.58. The van der Waals surface area contributed by atoms with Crippen molar-refractivity contribution in [3.05, 3.63) is 38.5 Å². The van der Waals surface area contributed by atoms with Crippen LogP contribution in [-0.2, 0) is 6.42 Å². The molecule has 0 aliphatic carbocycles. The second kappa shape index (κ2) is 5.97. The quantitative estimate of drug-likeness (QED) is 0.758. The van der Waals surface area contributed by atoms with Crippen LogP contribution in [0.4, 0.5) is 4.39 Å². The molecule has 0 N–H and O–H groups in total. The monoisotopic (exact) mass is 358 g/mol. The number of halogens is 1. The van der Waals surface area contributed by atoms with Crippen LogP contribution in [0.25, 0.3) is 17.0 Å². The molecule has 1 atom stereocenters. The van der Waals surface area contributed by atoms with Gasteiger partial charge in [-0.1, -0.05) is 13.3 Å². The standard InChI is InChI=1S/C20H19FO5/c1-4-5-11-14-17-12(6-9(2)8-24-17)18-15(13(22)7-10(3)25-18)19(14)26-20(23)16(11)21/h6,10H,4-5,7-8H2,1-3H3. The number of fused-ring (bicyclic) bond motifs is 6. The van der Waals surface area contributed by atoms with Crippen LogP contribution in [0.1, 0.15) is 55.1 Å². The lowest BCUT2D eigenvalue weighted by molar-refractivity contribution is 0.0870. The number of rotatable bonds is 2. The Bertz CT molecular complexity index is 1030. The zero-order chi connectivity index (χ0) is 18.6. The first kappa shape index (κ1) is 16.8. The first-order valence-corrected chi connectivity index (χ1v) is 8.77. The molecule has 0 spiro atoms. The topological polar surface area (TPSA) is 65.7 Å². The van der Waals surface area contributed by atoms with Crippen LogP contribution < -0.4 is 15.1 Å². The van der Waals surface area contributed by atoms with Crippen LogP contribution in [0.5, 0.6) is 11.5 Å². The second-order valence-corrected chi connectivity index (χ2v) is 6.92. The summed E-state index contributed by atoms with van der Waals surface area (Å²) in [7, 11) is 0. The average molecular weight is 358 g/mol.